The van der Waals surface area contributed by atoms with E-state index in [1.54, 1.807) is 0 Å². The van der Waals surface area contributed by atoms with Crippen molar-refractivity contribution in [2.45, 2.75) is 31.5 Å². The molecule has 6 heteroatoms. The van der Waals surface area contributed by atoms with Crippen LogP contribution in [0.5, 0.6) is 0 Å². The van der Waals surface area contributed by atoms with Crippen molar-refractivity contribution in [1.29, 1.82) is 0 Å². The molecule has 0 spiro atoms. The van der Waals surface area contributed by atoms with E-state index in [4.69, 9.17) is 5.11 Å². The fraction of sp³-hybridized carbons (Fsp3) is 1.00. The maximum absolute atomic E-state index is 12.1. The van der Waals surface area contributed by atoms with Crippen LogP contribution in [-0.4, -0.2) is 23.3 Å². The van der Waals surface area contributed by atoms with Gasteiger partial charge in [-0.1, -0.05) is 0 Å². The van der Waals surface area contributed by atoms with Gasteiger partial charge in [0.15, 0.2) is 0 Å². The molecule has 0 aliphatic rings. The number of rotatable bonds is 2. The van der Waals surface area contributed by atoms with E-state index in [1.807, 2.05) is 0 Å². The number of aliphatic hydroxyl groups excluding tert-OH is 1. The maximum Gasteiger partial charge on any atom is 0.394 e. The molecule has 0 heterocycles. The van der Waals surface area contributed by atoms with Crippen molar-refractivity contribution < 1.29 is 27.1 Å². The number of halogens is 5. The van der Waals surface area contributed by atoms with Crippen molar-refractivity contribution in [3.63, 3.8) is 0 Å². The van der Waals surface area contributed by atoms with Gasteiger partial charge in [0.25, 0.3) is 5.92 Å². The van der Waals surface area contributed by atoms with E-state index >= 15 is 0 Å². The molecule has 0 aliphatic heterocycles. The zero-order valence-corrected chi connectivity index (χ0v) is 5.62. The van der Waals surface area contributed by atoms with E-state index in [9.17, 15) is 22.0 Å². The summed E-state index contributed by atoms with van der Waals surface area (Å²) < 4.78 is 58.1. The highest BCUT2D eigenvalue weighted by Crippen LogP contribution is 2.33. The van der Waals surface area contributed by atoms with Crippen LogP contribution in [0.1, 0.15) is 13.3 Å². The highest BCUT2D eigenvalue weighted by molar-refractivity contribution is 4.75. The van der Waals surface area contributed by atoms with Crippen molar-refractivity contribution in [1.82, 2.24) is 0 Å². The third-order valence-corrected chi connectivity index (χ3v) is 1.05. The minimum absolute atomic E-state index is 0.617. The lowest BCUT2D eigenvalue weighted by Gasteiger charge is -2.20. The molecule has 1 nitrogen and oxygen atoms in total. The minimum Gasteiger partial charge on any atom is -0.387 e. The molecule has 0 saturated carbocycles. The van der Waals surface area contributed by atoms with Gasteiger partial charge in [-0.3, -0.25) is 0 Å². The Morgan fingerprint density at radius 3 is 1.64 bits per heavy atom. The molecule has 0 aromatic carbocycles. The first-order valence-electron chi connectivity index (χ1n) is 2.78. The molecule has 0 bridgehead atoms. The summed E-state index contributed by atoms with van der Waals surface area (Å²) in [5.74, 6) is -4.09. The molecule has 0 aromatic heterocycles. The zero-order valence-electron chi connectivity index (χ0n) is 5.62. The van der Waals surface area contributed by atoms with Gasteiger partial charge in [0.1, 0.15) is 12.5 Å². The Morgan fingerprint density at radius 1 is 1.18 bits per heavy atom. The summed E-state index contributed by atoms with van der Waals surface area (Å²) in [5, 5.41) is 8.19. The van der Waals surface area contributed by atoms with Crippen molar-refractivity contribution >= 4 is 0 Å². The molecular formula is C5H7F5O. The molecule has 0 saturated heterocycles. The normalized spacial score (nSPS) is 16.6. The summed E-state index contributed by atoms with van der Waals surface area (Å²) in [5.41, 5.74) is 0. The van der Waals surface area contributed by atoms with Gasteiger partial charge in [-0.15, -0.1) is 0 Å². The molecule has 0 rings (SSSR count). The predicted octanol–water partition coefficient (Wildman–Crippen LogP) is 1.95. The lowest BCUT2D eigenvalue weighted by molar-refractivity contribution is -0.211. The van der Waals surface area contributed by atoms with Gasteiger partial charge < -0.3 is 5.11 Å². The Labute approximate surface area is 59.8 Å². The summed E-state index contributed by atoms with van der Waals surface area (Å²) in [4.78, 5) is 0. The van der Waals surface area contributed by atoms with Crippen LogP contribution in [0.2, 0.25) is 0 Å². The predicted molar refractivity (Wildman–Crippen MR) is 27.3 cm³/mol. The lowest BCUT2D eigenvalue weighted by atomic mass is 10.1. The van der Waals surface area contributed by atoms with Crippen molar-refractivity contribution in [2.75, 3.05) is 0 Å². The van der Waals surface area contributed by atoms with Gasteiger partial charge >= 0.3 is 6.18 Å². The Bertz CT molecular complexity index is 127. The quantitative estimate of drug-likeness (QED) is 0.641. The summed E-state index contributed by atoms with van der Waals surface area (Å²) >= 11 is 0. The van der Waals surface area contributed by atoms with Crippen LogP contribution in [0.25, 0.3) is 0 Å². The highest BCUT2D eigenvalue weighted by atomic mass is 19.4. The lowest BCUT2D eigenvalue weighted by Crippen LogP contribution is -2.35. The van der Waals surface area contributed by atoms with Crippen LogP contribution in [0.15, 0.2) is 0 Å². The Hall–Kier alpha value is -0.390. The first-order chi connectivity index (χ1) is 4.65. The largest absolute Gasteiger partial charge is 0.394 e. The second-order valence-electron chi connectivity index (χ2n) is 2.23. The van der Waals surface area contributed by atoms with Gasteiger partial charge in [-0.25, -0.2) is 8.78 Å². The SMILES string of the molecule is CC(O)C(F)(F)CC(F)(F)F. The van der Waals surface area contributed by atoms with Crippen molar-refractivity contribution in [2.24, 2.45) is 0 Å². The molecular weight excluding hydrogens is 171 g/mol. The van der Waals surface area contributed by atoms with Crippen LogP contribution in [0.4, 0.5) is 22.0 Å². The summed E-state index contributed by atoms with van der Waals surface area (Å²) in [6.45, 7) is 0.617. The Kier molecular flexibility index (Phi) is 2.82. The number of alkyl halides is 5. The molecule has 11 heavy (non-hydrogen) atoms. The fourth-order valence-corrected chi connectivity index (χ4v) is 0.415. The molecule has 1 N–H and O–H groups in total. The average Bonchev–Trinajstić information content (AvgIpc) is 1.56. The van der Waals surface area contributed by atoms with E-state index in [1.165, 1.54) is 0 Å². The molecule has 0 radical (unpaired) electrons. The average molecular weight is 178 g/mol. The fourth-order valence-electron chi connectivity index (χ4n) is 0.415. The summed E-state index contributed by atoms with van der Waals surface area (Å²) in [6, 6.07) is 0. The van der Waals surface area contributed by atoms with Crippen molar-refractivity contribution in [3.8, 4) is 0 Å². The van der Waals surface area contributed by atoms with Gasteiger partial charge in [-0.2, -0.15) is 13.2 Å². The van der Waals surface area contributed by atoms with E-state index < -0.39 is 24.6 Å². The van der Waals surface area contributed by atoms with Gasteiger partial charge in [0, 0.05) is 0 Å². The molecule has 1 atom stereocenters. The monoisotopic (exact) mass is 178 g/mol. The molecule has 0 amide bonds. The van der Waals surface area contributed by atoms with Crippen LogP contribution in [0, 0.1) is 0 Å². The maximum atomic E-state index is 12.1. The van der Waals surface area contributed by atoms with E-state index in [0.29, 0.717) is 6.92 Å². The third kappa shape index (κ3) is 4.13. The summed E-state index contributed by atoms with van der Waals surface area (Å²) in [7, 11) is 0. The van der Waals surface area contributed by atoms with E-state index in [2.05, 4.69) is 0 Å². The van der Waals surface area contributed by atoms with E-state index in [-0.39, 0.29) is 0 Å². The molecule has 0 fully saturated rings. The van der Waals surface area contributed by atoms with Gasteiger partial charge in [0.05, 0.1) is 0 Å². The Morgan fingerprint density at radius 2 is 1.55 bits per heavy atom. The number of aliphatic hydroxyl groups is 1. The topological polar surface area (TPSA) is 20.2 Å². The first-order valence-corrected chi connectivity index (χ1v) is 2.78. The minimum atomic E-state index is -4.94. The zero-order chi connectivity index (χ0) is 9.28. The van der Waals surface area contributed by atoms with Crippen LogP contribution >= 0.6 is 0 Å². The van der Waals surface area contributed by atoms with Crippen LogP contribution < -0.4 is 0 Å². The first kappa shape index (κ1) is 10.6. The standard InChI is InChI=1S/C5H7F5O/c1-3(11)4(6,7)2-5(8,9)10/h3,11H,2H2,1H3. The highest BCUT2D eigenvalue weighted by Gasteiger charge is 2.46. The molecule has 0 aromatic rings. The van der Waals surface area contributed by atoms with Gasteiger partial charge in [0.2, 0.25) is 0 Å². The molecule has 0 aliphatic carbocycles. The van der Waals surface area contributed by atoms with Crippen molar-refractivity contribution in [3.05, 3.63) is 0 Å². The third-order valence-electron chi connectivity index (χ3n) is 1.05. The van der Waals surface area contributed by atoms with Crippen LogP contribution in [0.3, 0.4) is 0 Å². The molecule has 1 unspecified atom stereocenters. The smallest absolute Gasteiger partial charge is 0.387 e. The van der Waals surface area contributed by atoms with Crippen LogP contribution in [-0.2, 0) is 0 Å². The molecule has 68 valence electrons. The summed E-state index contributed by atoms with van der Waals surface area (Å²) in [6.07, 6.45) is -9.50. The number of hydrogen-bond donors (Lipinski definition) is 1. The Balaban J connectivity index is 4.13. The second kappa shape index (κ2) is 2.92. The van der Waals surface area contributed by atoms with Gasteiger partial charge in [-0.05, 0) is 6.92 Å². The van der Waals surface area contributed by atoms with E-state index in [0.717, 1.165) is 0 Å². The second-order valence-corrected chi connectivity index (χ2v) is 2.23. The number of hydrogen-bond acceptors (Lipinski definition) is 1.